The number of rotatable bonds is 3. The molecular weight excluding hydrogens is 158 g/mol. The zero-order valence-electron chi connectivity index (χ0n) is 9.04. The van der Waals surface area contributed by atoms with Crippen LogP contribution in [-0.4, -0.2) is 4.98 Å². The summed E-state index contributed by atoms with van der Waals surface area (Å²) in [5.41, 5.74) is 2.54. The molecule has 0 amide bonds. The van der Waals surface area contributed by atoms with Gasteiger partial charge in [0.05, 0.1) is 0 Å². The molecule has 1 aromatic rings. The highest BCUT2D eigenvalue weighted by atomic mass is 14.7. The monoisotopic (exact) mass is 177 g/mol. The topological polar surface area (TPSA) is 12.9 Å². The zero-order valence-corrected chi connectivity index (χ0v) is 9.04. The first-order valence-electron chi connectivity index (χ1n) is 5.11. The predicted octanol–water partition coefficient (Wildman–Crippen LogP) is 3.72. The van der Waals surface area contributed by atoms with E-state index in [0.29, 0.717) is 11.8 Å². The third kappa shape index (κ3) is 2.55. The molecule has 0 spiro atoms. The van der Waals surface area contributed by atoms with Gasteiger partial charge >= 0.3 is 0 Å². The van der Waals surface area contributed by atoms with Gasteiger partial charge in [0.1, 0.15) is 0 Å². The summed E-state index contributed by atoms with van der Waals surface area (Å²) in [4.78, 5) is 4.45. The van der Waals surface area contributed by atoms with E-state index in [-0.39, 0.29) is 0 Å². The Balaban J connectivity index is 2.81. The lowest BCUT2D eigenvalue weighted by Gasteiger charge is -2.10. The van der Waals surface area contributed by atoms with E-state index in [2.05, 4.69) is 44.8 Å². The maximum Gasteiger partial charge on any atom is 0.0429 e. The molecule has 0 fully saturated rings. The Bertz CT molecular complexity index is 248. The van der Waals surface area contributed by atoms with Crippen molar-refractivity contribution in [1.29, 1.82) is 0 Å². The number of nitrogens with zero attached hydrogens (tertiary/aromatic N) is 1. The van der Waals surface area contributed by atoms with Crippen molar-refractivity contribution in [2.24, 2.45) is 0 Å². The second-order valence-corrected chi connectivity index (χ2v) is 3.98. The Hall–Kier alpha value is -0.850. The molecule has 13 heavy (non-hydrogen) atoms. The summed E-state index contributed by atoms with van der Waals surface area (Å²) in [7, 11) is 0. The van der Waals surface area contributed by atoms with Crippen molar-refractivity contribution in [3.63, 3.8) is 0 Å². The summed E-state index contributed by atoms with van der Waals surface area (Å²) in [6.07, 6.45) is 3.20. The molecule has 1 atom stereocenters. The van der Waals surface area contributed by atoms with Gasteiger partial charge < -0.3 is 0 Å². The first-order chi connectivity index (χ1) is 6.15. The van der Waals surface area contributed by atoms with E-state index in [4.69, 9.17) is 0 Å². The highest BCUT2D eigenvalue weighted by Crippen LogP contribution is 2.19. The van der Waals surface area contributed by atoms with Gasteiger partial charge in [-0.1, -0.05) is 33.8 Å². The average molecular weight is 177 g/mol. The zero-order chi connectivity index (χ0) is 9.84. The Morgan fingerprint density at radius 1 is 1.23 bits per heavy atom. The number of pyridine rings is 1. The minimum absolute atomic E-state index is 0.533. The van der Waals surface area contributed by atoms with Crippen molar-refractivity contribution >= 4 is 0 Å². The SMILES string of the molecule is CC[C@H](C)c1ccc(C(C)C)nc1. The quantitative estimate of drug-likeness (QED) is 0.685. The lowest BCUT2D eigenvalue weighted by molar-refractivity contribution is 0.723. The van der Waals surface area contributed by atoms with Crippen molar-refractivity contribution in [2.45, 2.75) is 46.0 Å². The fourth-order valence-electron chi connectivity index (χ4n) is 1.29. The maximum atomic E-state index is 4.45. The molecule has 0 N–H and O–H groups in total. The fourth-order valence-corrected chi connectivity index (χ4v) is 1.29. The molecule has 72 valence electrons. The second-order valence-electron chi connectivity index (χ2n) is 3.98. The Morgan fingerprint density at radius 3 is 2.31 bits per heavy atom. The van der Waals surface area contributed by atoms with Gasteiger partial charge in [-0.15, -0.1) is 0 Å². The van der Waals surface area contributed by atoms with Crippen LogP contribution in [0.1, 0.15) is 57.2 Å². The van der Waals surface area contributed by atoms with Crippen LogP contribution >= 0.6 is 0 Å². The molecule has 0 aliphatic heterocycles. The van der Waals surface area contributed by atoms with Crippen LogP contribution < -0.4 is 0 Å². The van der Waals surface area contributed by atoms with Crippen LogP contribution in [0.2, 0.25) is 0 Å². The van der Waals surface area contributed by atoms with Crippen molar-refractivity contribution in [3.05, 3.63) is 29.6 Å². The molecule has 1 heterocycles. The summed E-state index contributed by atoms with van der Waals surface area (Å²) < 4.78 is 0. The molecule has 0 bridgehead atoms. The number of hydrogen-bond donors (Lipinski definition) is 0. The first-order valence-corrected chi connectivity index (χ1v) is 5.11. The third-order valence-electron chi connectivity index (χ3n) is 2.58. The lowest BCUT2D eigenvalue weighted by Crippen LogP contribution is -1.96. The van der Waals surface area contributed by atoms with E-state index < -0.39 is 0 Å². The van der Waals surface area contributed by atoms with Gasteiger partial charge in [0.15, 0.2) is 0 Å². The molecule has 0 radical (unpaired) electrons. The van der Waals surface area contributed by atoms with Crippen molar-refractivity contribution < 1.29 is 0 Å². The fraction of sp³-hybridized carbons (Fsp3) is 0.583. The number of hydrogen-bond acceptors (Lipinski definition) is 1. The summed E-state index contributed by atoms with van der Waals surface area (Å²) >= 11 is 0. The van der Waals surface area contributed by atoms with Crippen molar-refractivity contribution in [3.8, 4) is 0 Å². The smallest absolute Gasteiger partial charge is 0.0429 e. The molecule has 1 heteroatoms. The normalized spacial score (nSPS) is 13.3. The summed E-state index contributed by atoms with van der Waals surface area (Å²) in [6, 6.07) is 4.35. The van der Waals surface area contributed by atoms with E-state index in [1.807, 2.05) is 6.20 Å². The van der Waals surface area contributed by atoms with E-state index in [1.165, 1.54) is 17.7 Å². The number of aromatic nitrogens is 1. The highest BCUT2D eigenvalue weighted by molar-refractivity contribution is 5.19. The van der Waals surface area contributed by atoms with E-state index in [0.717, 1.165) is 0 Å². The Kier molecular flexibility index (Phi) is 3.47. The molecule has 0 saturated heterocycles. The third-order valence-corrected chi connectivity index (χ3v) is 2.58. The molecule has 0 saturated carbocycles. The molecule has 0 aliphatic carbocycles. The van der Waals surface area contributed by atoms with Gasteiger partial charge in [-0.2, -0.15) is 0 Å². The molecule has 0 aliphatic rings. The summed E-state index contributed by atoms with van der Waals surface area (Å²) in [6.45, 7) is 8.80. The minimum Gasteiger partial charge on any atom is -0.261 e. The van der Waals surface area contributed by atoms with Gasteiger partial charge in [-0.25, -0.2) is 0 Å². The highest BCUT2D eigenvalue weighted by Gasteiger charge is 2.04. The van der Waals surface area contributed by atoms with Crippen LogP contribution in [0.5, 0.6) is 0 Å². The van der Waals surface area contributed by atoms with Crippen LogP contribution in [0.25, 0.3) is 0 Å². The van der Waals surface area contributed by atoms with Gasteiger partial charge in [0, 0.05) is 11.9 Å². The molecule has 1 aromatic heterocycles. The van der Waals surface area contributed by atoms with E-state index in [9.17, 15) is 0 Å². The van der Waals surface area contributed by atoms with E-state index in [1.54, 1.807) is 0 Å². The van der Waals surface area contributed by atoms with Crippen LogP contribution in [0, 0.1) is 0 Å². The van der Waals surface area contributed by atoms with Gasteiger partial charge in [-0.05, 0) is 29.9 Å². The predicted molar refractivity (Wildman–Crippen MR) is 57.0 cm³/mol. The van der Waals surface area contributed by atoms with Crippen molar-refractivity contribution in [2.75, 3.05) is 0 Å². The van der Waals surface area contributed by atoms with Gasteiger partial charge in [0.25, 0.3) is 0 Å². The lowest BCUT2D eigenvalue weighted by atomic mass is 9.99. The average Bonchev–Trinajstić information content (AvgIpc) is 2.17. The Morgan fingerprint density at radius 2 is 1.92 bits per heavy atom. The van der Waals surface area contributed by atoms with E-state index >= 15 is 0 Å². The molecular formula is C12H19N. The van der Waals surface area contributed by atoms with Crippen LogP contribution in [0.15, 0.2) is 18.3 Å². The molecule has 1 rings (SSSR count). The largest absolute Gasteiger partial charge is 0.261 e. The summed E-state index contributed by atoms with van der Waals surface area (Å²) in [5, 5.41) is 0. The molecule has 0 unspecified atom stereocenters. The second kappa shape index (κ2) is 4.40. The summed E-state index contributed by atoms with van der Waals surface area (Å²) in [5.74, 6) is 1.17. The molecule has 0 aromatic carbocycles. The molecule has 1 nitrogen and oxygen atoms in total. The Labute approximate surface area is 81.2 Å². The standard InChI is InChI=1S/C12H19N/c1-5-10(4)11-6-7-12(9(2)3)13-8-11/h6-10H,5H2,1-4H3/t10-/m0/s1. The first kappa shape index (κ1) is 10.2. The van der Waals surface area contributed by atoms with Gasteiger partial charge in [-0.3, -0.25) is 4.98 Å². The van der Waals surface area contributed by atoms with Crippen LogP contribution in [-0.2, 0) is 0 Å². The van der Waals surface area contributed by atoms with Crippen LogP contribution in [0.3, 0.4) is 0 Å². The minimum atomic E-state index is 0.533. The maximum absolute atomic E-state index is 4.45. The van der Waals surface area contributed by atoms with Crippen LogP contribution in [0.4, 0.5) is 0 Å². The van der Waals surface area contributed by atoms with Crippen molar-refractivity contribution in [1.82, 2.24) is 4.98 Å². The van der Waals surface area contributed by atoms with Gasteiger partial charge in [0.2, 0.25) is 0 Å².